The first-order valence-electron chi connectivity index (χ1n) is 8.95. The summed E-state index contributed by atoms with van der Waals surface area (Å²) in [5.41, 5.74) is 0.615. The van der Waals surface area contributed by atoms with Crippen LogP contribution in [0.1, 0.15) is 39.2 Å². The lowest BCUT2D eigenvalue weighted by Gasteiger charge is -2.47. The Balaban J connectivity index is 2.01. The van der Waals surface area contributed by atoms with Crippen LogP contribution in [0.2, 0.25) is 0 Å². The number of ether oxygens (including phenoxy) is 3. The molecule has 2 N–H and O–H groups in total. The van der Waals surface area contributed by atoms with Gasteiger partial charge >= 0.3 is 5.97 Å². The molecule has 1 aromatic carbocycles. The first-order chi connectivity index (χ1) is 12.2. The molecule has 1 aliphatic rings. The molecule has 26 heavy (non-hydrogen) atoms. The van der Waals surface area contributed by atoms with E-state index >= 15 is 0 Å². The summed E-state index contributed by atoms with van der Waals surface area (Å²) in [5, 5.41) is 21.1. The van der Waals surface area contributed by atoms with Gasteiger partial charge in [0.25, 0.3) is 0 Å². The first-order valence-corrected chi connectivity index (χ1v) is 8.95. The standard InChI is InChI=1S/C20H30O6/c1-14(18(22)24-4)20(23)11-16(21)10-17(26-20)19(2,3)13-25-12-15-8-6-5-7-9-15/h5-9,14,16-17,21,23H,10-13H2,1-4H3/t14?,16-,17-,20+/m1/s1. The van der Waals surface area contributed by atoms with Crippen LogP contribution in [-0.2, 0) is 25.6 Å². The number of aliphatic hydroxyl groups is 2. The molecule has 0 radical (unpaired) electrons. The van der Waals surface area contributed by atoms with Gasteiger partial charge < -0.3 is 24.4 Å². The highest BCUT2D eigenvalue weighted by atomic mass is 16.6. The van der Waals surface area contributed by atoms with Crippen LogP contribution in [-0.4, -0.2) is 47.9 Å². The van der Waals surface area contributed by atoms with Crippen molar-refractivity contribution in [1.29, 1.82) is 0 Å². The Morgan fingerprint density at radius 3 is 2.65 bits per heavy atom. The zero-order chi connectivity index (χ0) is 19.4. The average Bonchev–Trinajstić information content (AvgIpc) is 2.60. The molecule has 1 heterocycles. The molecule has 0 bridgehead atoms. The topological polar surface area (TPSA) is 85.2 Å². The second-order valence-corrected chi connectivity index (χ2v) is 7.76. The van der Waals surface area contributed by atoms with Crippen molar-refractivity contribution in [3.8, 4) is 0 Å². The van der Waals surface area contributed by atoms with Crippen LogP contribution >= 0.6 is 0 Å². The minimum atomic E-state index is -1.76. The van der Waals surface area contributed by atoms with Gasteiger partial charge in [-0.2, -0.15) is 0 Å². The molecule has 0 saturated carbocycles. The van der Waals surface area contributed by atoms with Gasteiger partial charge in [0.2, 0.25) is 0 Å². The third kappa shape index (κ3) is 5.04. The van der Waals surface area contributed by atoms with E-state index in [9.17, 15) is 15.0 Å². The monoisotopic (exact) mass is 366 g/mol. The summed E-state index contributed by atoms with van der Waals surface area (Å²) in [7, 11) is 1.26. The highest BCUT2D eigenvalue weighted by Gasteiger charge is 2.50. The smallest absolute Gasteiger partial charge is 0.313 e. The Morgan fingerprint density at radius 1 is 1.38 bits per heavy atom. The molecule has 1 aliphatic heterocycles. The number of hydrogen-bond donors (Lipinski definition) is 2. The maximum atomic E-state index is 11.8. The van der Waals surface area contributed by atoms with Crippen LogP contribution in [0.15, 0.2) is 30.3 Å². The average molecular weight is 366 g/mol. The van der Waals surface area contributed by atoms with E-state index in [1.165, 1.54) is 7.11 Å². The summed E-state index contributed by atoms with van der Waals surface area (Å²) in [6, 6.07) is 9.85. The SMILES string of the molecule is COC(=O)C(C)[C@]1(O)C[C@H](O)C[C@H](C(C)(C)COCc2ccccc2)O1. The Labute approximate surface area is 155 Å². The molecule has 2 rings (SSSR count). The molecule has 0 aromatic heterocycles. The number of esters is 1. The number of hydrogen-bond acceptors (Lipinski definition) is 6. The molecule has 6 heteroatoms. The van der Waals surface area contributed by atoms with Gasteiger partial charge in [-0.1, -0.05) is 44.2 Å². The van der Waals surface area contributed by atoms with Crippen LogP contribution in [0.4, 0.5) is 0 Å². The molecular formula is C20H30O6. The minimum absolute atomic E-state index is 0.0271. The summed E-state index contributed by atoms with van der Waals surface area (Å²) in [5.74, 6) is -3.23. The van der Waals surface area contributed by atoms with Crippen LogP contribution in [0.3, 0.4) is 0 Å². The predicted molar refractivity (Wildman–Crippen MR) is 96.1 cm³/mol. The maximum absolute atomic E-state index is 11.8. The van der Waals surface area contributed by atoms with Crippen LogP contribution in [0, 0.1) is 11.3 Å². The molecule has 0 aliphatic carbocycles. The van der Waals surface area contributed by atoms with Crippen molar-refractivity contribution < 1.29 is 29.2 Å². The normalized spacial score (nSPS) is 27.8. The highest BCUT2D eigenvalue weighted by Crippen LogP contribution is 2.40. The van der Waals surface area contributed by atoms with Gasteiger partial charge in [0.1, 0.15) is 5.92 Å². The molecule has 0 spiro atoms. The van der Waals surface area contributed by atoms with E-state index in [0.29, 0.717) is 19.6 Å². The second kappa shape index (κ2) is 8.48. The quantitative estimate of drug-likeness (QED) is 0.720. The fourth-order valence-corrected chi connectivity index (χ4v) is 3.23. The summed E-state index contributed by atoms with van der Waals surface area (Å²) < 4.78 is 16.5. The van der Waals surface area contributed by atoms with E-state index in [0.717, 1.165) is 5.56 Å². The third-order valence-corrected chi connectivity index (χ3v) is 5.05. The van der Waals surface area contributed by atoms with Crippen molar-refractivity contribution in [3.05, 3.63) is 35.9 Å². The summed E-state index contributed by atoms with van der Waals surface area (Å²) in [6.07, 6.45) is -0.878. The summed E-state index contributed by atoms with van der Waals surface area (Å²) >= 11 is 0. The van der Waals surface area contributed by atoms with Gasteiger partial charge in [-0.05, 0) is 12.5 Å². The number of carbonyl (C=O) groups excluding carboxylic acids is 1. The zero-order valence-electron chi connectivity index (χ0n) is 16.0. The molecule has 146 valence electrons. The second-order valence-electron chi connectivity index (χ2n) is 7.76. The molecule has 1 aromatic rings. The number of methoxy groups -OCH3 is 1. The van der Waals surface area contributed by atoms with Gasteiger partial charge in [0.05, 0.1) is 32.5 Å². The first kappa shape index (κ1) is 20.8. The maximum Gasteiger partial charge on any atom is 0.313 e. The van der Waals surface area contributed by atoms with Crippen LogP contribution in [0.5, 0.6) is 0 Å². The highest BCUT2D eigenvalue weighted by molar-refractivity contribution is 5.73. The fraction of sp³-hybridized carbons (Fsp3) is 0.650. The van der Waals surface area contributed by atoms with E-state index in [4.69, 9.17) is 14.2 Å². The van der Waals surface area contributed by atoms with E-state index in [-0.39, 0.29) is 6.42 Å². The molecule has 4 atom stereocenters. The molecule has 1 fully saturated rings. The summed E-state index contributed by atoms with van der Waals surface area (Å²) in [4.78, 5) is 11.8. The Bertz CT molecular complexity index is 587. The Morgan fingerprint density at radius 2 is 2.04 bits per heavy atom. The van der Waals surface area contributed by atoms with Crippen molar-refractivity contribution in [1.82, 2.24) is 0 Å². The van der Waals surface area contributed by atoms with Crippen molar-refractivity contribution in [2.45, 2.75) is 58.2 Å². The van der Waals surface area contributed by atoms with Gasteiger partial charge in [-0.3, -0.25) is 4.79 Å². The minimum Gasteiger partial charge on any atom is -0.469 e. The van der Waals surface area contributed by atoms with Crippen molar-refractivity contribution in [2.75, 3.05) is 13.7 Å². The van der Waals surface area contributed by atoms with Crippen molar-refractivity contribution >= 4 is 5.97 Å². The van der Waals surface area contributed by atoms with Crippen molar-refractivity contribution in [2.24, 2.45) is 11.3 Å². The number of benzene rings is 1. The predicted octanol–water partition coefficient (Wildman–Crippen LogP) is 2.27. The molecule has 0 amide bonds. The lowest BCUT2D eigenvalue weighted by atomic mass is 9.79. The largest absolute Gasteiger partial charge is 0.469 e. The number of aliphatic hydroxyl groups excluding tert-OH is 1. The van der Waals surface area contributed by atoms with Crippen LogP contribution in [0.25, 0.3) is 0 Å². The van der Waals surface area contributed by atoms with E-state index < -0.39 is 35.3 Å². The molecular weight excluding hydrogens is 336 g/mol. The van der Waals surface area contributed by atoms with E-state index in [2.05, 4.69) is 0 Å². The van der Waals surface area contributed by atoms with Gasteiger partial charge in [-0.15, -0.1) is 0 Å². The van der Waals surface area contributed by atoms with E-state index in [1.807, 2.05) is 44.2 Å². The molecule has 1 saturated heterocycles. The Hall–Kier alpha value is -1.47. The lowest BCUT2D eigenvalue weighted by molar-refractivity contribution is -0.312. The molecule has 6 nitrogen and oxygen atoms in total. The number of rotatable bonds is 7. The Kier molecular flexibility index (Phi) is 6.80. The van der Waals surface area contributed by atoms with Gasteiger partial charge in [0.15, 0.2) is 5.79 Å². The number of carbonyl (C=O) groups is 1. The molecule has 1 unspecified atom stereocenters. The van der Waals surface area contributed by atoms with Gasteiger partial charge in [0, 0.05) is 18.3 Å². The van der Waals surface area contributed by atoms with E-state index in [1.54, 1.807) is 6.92 Å². The zero-order valence-corrected chi connectivity index (χ0v) is 16.0. The third-order valence-electron chi connectivity index (χ3n) is 5.05. The van der Waals surface area contributed by atoms with Crippen LogP contribution < -0.4 is 0 Å². The van der Waals surface area contributed by atoms with Gasteiger partial charge in [-0.25, -0.2) is 0 Å². The van der Waals surface area contributed by atoms with Crippen molar-refractivity contribution in [3.63, 3.8) is 0 Å². The lowest BCUT2D eigenvalue weighted by Crippen LogP contribution is -2.56. The summed E-state index contributed by atoms with van der Waals surface area (Å²) in [6.45, 7) is 6.33. The fourth-order valence-electron chi connectivity index (χ4n) is 3.23.